The molecule has 0 aromatic carbocycles. The number of aromatic nitrogens is 1. The topological polar surface area (TPSA) is 62.2 Å². The Labute approximate surface area is 79.6 Å². The van der Waals surface area contributed by atoms with Crippen molar-refractivity contribution in [2.75, 3.05) is 0 Å². The fourth-order valence-corrected chi connectivity index (χ4v) is 1.72. The Balaban J connectivity index is 1.92. The van der Waals surface area contributed by atoms with Gasteiger partial charge in [-0.3, -0.25) is 0 Å². The van der Waals surface area contributed by atoms with Crippen molar-refractivity contribution in [1.29, 1.82) is 0 Å². The minimum absolute atomic E-state index is 0.313. The molecule has 2 N–H and O–H groups in total. The van der Waals surface area contributed by atoms with E-state index in [2.05, 4.69) is 10.3 Å². The summed E-state index contributed by atoms with van der Waals surface area (Å²) in [6.07, 6.45) is 3.88. The molecule has 0 spiro atoms. The van der Waals surface area contributed by atoms with Gasteiger partial charge in [0.1, 0.15) is 9.88 Å². The molecule has 13 heavy (non-hydrogen) atoms. The molecule has 1 fully saturated rings. The molecule has 0 saturated heterocycles. The van der Waals surface area contributed by atoms with Gasteiger partial charge in [0.2, 0.25) is 0 Å². The van der Waals surface area contributed by atoms with Crippen molar-refractivity contribution in [3.05, 3.63) is 16.1 Å². The number of aromatic carboxylic acids is 1. The molecule has 0 aliphatic heterocycles. The first kappa shape index (κ1) is 8.65. The van der Waals surface area contributed by atoms with Crippen LogP contribution in [0.5, 0.6) is 0 Å². The Morgan fingerprint density at radius 1 is 1.77 bits per heavy atom. The number of nitrogens with one attached hydrogen (secondary N) is 1. The summed E-state index contributed by atoms with van der Waals surface area (Å²) in [5.41, 5.74) is 0. The van der Waals surface area contributed by atoms with E-state index in [1.54, 1.807) is 0 Å². The molecule has 1 heterocycles. The van der Waals surface area contributed by atoms with Crippen LogP contribution in [-0.2, 0) is 6.54 Å². The molecule has 1 aromatic heterocycles. The molecule has 0 bridgehead atoms. The smallest absolute Gasteiger partial charge is 0.347 e. The van der Waals surface area contributed by atoms with E-state index in [9.17, 15) is 4.79 Å². The van der Waals surface area contributed by atoms with Crippen LogP contribution in [0.2, 0.25) is 0 Å². The van der Waals surface area contributed by atoms with Gasteiger partial charge in [0.15, 0.2) is 0 Å². The number of carboxylic acid groups (broad SMARTS) is 1. The number of carboxylic acids is 1. The fourth-order valence-electron chi connectivity index (χ4n) is 1.01. The van der Waals surface area contributed by atoms with Gasteiger partial charge in [-0.15, -0.1) is 11.3 Å². The lowest BCUT2D eigenvalue weighted by Gasteiger charge is -1.96. The van der Waals surface area contributed by atoms with E-state index in [0.29, 0.717) is 17.5 Å². The molecular weight excluding hydrogens is 188 g/mol. The van der Waals surface area contributed by atoms with Crippen LogP contribution < -0.4 is 5.32 Å². The third-order valence-corrected chi connectivity index (χ3v) is 2.87. The van der Waals surface area contributed by atoms with Crippen molar-refractivity contribution in [3.8, 4) is 0 Å². The van der Waals surface area contributed by atoms with Crippen LogP contribution in [-0.4, -0.2) is 22.1 Å². The SMILES string of the molecule is O=C(O)c1cnc(CNC2CC2)s1. The predicted octanol–water partition coefficient (Wildman–Crippen LogP) is 1.09. The molecule has 1 aromatic rings. The molecule has 70 valence electrons. The second-order valence-corrected chi connectivity index (χ2v) is 4.19. The average Bonchev–Trinajstić information content (AvgIpc) is 2.79. The minimum atomic E-state index is -0.893. The van der Waals surface area contributed by atoms with Gasteiger partial charge < -0.3 is 10.4 Å². The molecular formula is C8H10N2O2S. The summed E-state index contributed by atoms with van der Waals surface area (Å²) in [7, 11) is 0. The lowest BCUT2D eigenvalue weighted by Crippen LogP contribution is -2.14. The maximum atomic E-state index is 10.5. The van der Waals surface area contributed by atoms with Crippen LogP contribution in [0.4, 0.5) is 0 Å². The lowest BCUT2D eigenvalue weighted by molar-refractivity contribution is 0.0702. The van der Waals surface area contributed by atoms with Crippen LogP contribution >= 0.6 is 11.3 Å². The second kappa shape index (κ2) is 3.43. The number of thiazole rings is 1. The van der Waals surface area contributed by atoms with Crippen molar-refractivity contribution < 1.29 is 9.90 Å². The molecule has 1 aliphatic rings. The number of carbonyl (C=O) groups is 1. The molecule has 0 unspecified atom stereocenters. The van der Waals surface area contributed by atoms with Gasteiger partial charge in [-0.05, 0) is 12.8 Å². The Morgan fingerprint density at radius 2 is 2.54 bits per heavy atom. The molecule has 1 saturated carbocycles. The highest BCUT2D eigenvalue weighted by Crippen LogP contribution is 2.20. The molecule has 0 radical (unpaired) electrons. The number of hydrogen-bond acceptors (Lipinski definition) is 4. The van der Waals surface area contributed by atoms with Crippen LogP contribution in [0.1, 0.15) is 27.5 Å². The summed E-state index contributed by atoms with van der Waals surface area (Å²) >= 11 is 1.24. The monoisotopic (exact) mass is 198 g/mol. The maximum absolute atomic E-state index is 10.5. The highest BCUT2D eigenvalue weighted by atomic mass is 32.1. The van der Waals surface area contributed by atoms with Gasteiger partial charge in [-0.1, -0.05) is 0 Å². The van der Waals surface area contributed by atoms with Gasteiger partial charge >= 0.3 is 5.97 Å². The number of nitrogens with zero attached hydrogens (tertiary/aromatic N) is 1. The van der Waals surface area contributed by atoms with E-state index in [0.717, 1.165) is 5.01 Å². The van der Waals surface area contributed by atoms with Gasteiger partial charge in [0.05, 0.1) is 6.20 Å². The standard InChI is InChI=1S/C8H10N2O2S/c11-8(12)6-3-10-7(13-6)4-9-5-1-2-5/h3,5,9H,1-2,4H2,(H,11,12). The average molecular weight is 198 g/mol. The summed E-state index contributed by atoms with van der Waals surface area (Å²) in [4.78, 5) is 14.8. The van der Waals surface area contributed by atoms with E-state index < -0.39 is 5.97 Å². The summed E-state index contributed by atoms with van der Waals surface area (Å²) in [6, 6.07) is 0.636. The van der Waals surface area contributed by atoms with Crippen LogP contribution in [0, 0.1) is 0 Å². The molecule has 2 rings (SSSR count). The molecule has 5 heteroatoms. The first-order valence-electron chi connectivity index (χ1n) is 4.17. The predicted molar refractivity (Wildman–Crippen MR) is 48.9 cm³/mol. The van der Waals surface area contributed by atoms with E-state index in [1.165, 1.54) is 30.4 Å². The number of rotatable bonds is 4. The van der Waals surface area contributed by atoms with Crippen molar-refractivity contribution in [2.24, 2.45) is 0 Å². The number of hydrogen-bond donors (Lipinski definition) is 2. The summed E-state index contributed by atoms with van der Waals surface area (Å²) < 4.78 is 0. The normalized spacial score (nSPS) is 16.0. The Morgan fingerprint density at radius 3 is 3.08 bits per heavy atom. The zero-order chi connectivity index (χ0) is 9.26. The third kappa shape index (κ3) is 2.26. The molecule has 4 nitrogen and oxygen atoms in total. The van der Waals surface area contributed by atoms with Gasteiger partial charge in [0.25, 0.3) is 0 Å². The first-order chi connectivity index (χ1) is 6.25. The summed E-state index contributed by atoms with van der Waals surface area (Å²) in [6.45, 7) is 0.697. The fraction of sp³-hybridized carbons (Fsp3) is 0.500. The van der Waals surface area contributed by atoms with Crippen LogP contribution in [0.25, 0.3) is 0 Å². The molecule has 1 aliphatic carbocycles. The van der Waals surface area contributed by atoms with E-state index in [-0.39, 0.29) is 0 Å². The largest absolute Gasteiger partial charge is 0.477 e. The minimum Gasteiger partial charge on any atom is -0.477 e. The van der Waals surface area contributed by atoms with Crippen molar-refractivity contribution in [1.82, 2.24) is 10.3 Å². The summed E-state index contributed by atoms with van der Waals surface area (Å²) in [5, 5.41) is 12.8. The first-order valence-corrected chi connectivity index (χ1v) is 4.99. The Bertz CT molecular complexity index is 320. The van der Waals surface area contributed by atoms with Crippen LogP contribution in [0.15, 0.2) is 6.20 Å². The Kier molecular flexibility index (Phi) is 2.28. The highest BCUT2D eigenvalue weighted by Gasteiger charge is 2.20. The van der Waals surface area contributed by atoms with Gasteiger partial charge in [-0.2, -0.15) is 0 Å². The zero-order valence-electron chi connectivity index (χ0n) is 6.99. The van der Waals surface area contributed by atoms with Crippen molar-refractivity contribution >= 4 is 17.3 Å². The van der Waals surface area contributed by atoms with E-state index in [4.69, 9.17) is 5.11 Å². The summed E-state index contributed by atoms with van der Waals surface area (Å²) in [5.74, 6) is -0.893. The van der Waals surface area contributed by atoms with Crippen molar-refractivity contribution in [3.63, 3.8) is 0 Å². The third-order valence-electron chi connectivity index (χ3n) is 1.88. The van der Waals surface area contributed by atoms with E-state index >= 15 is 0 Å². The lowest BCUT2D eigenvalue weighted by atomic mass is 10.6. The molecule has 0 atom stereocenters. The van der Waals surface area contributed by atoms with Crippen LogP contribution in [0.3, 0.4) is 0 Å². The van der Waals surface area contributed by atoms with Gasteiger partial charge in [-0.25, -0.2) is 9.78 Å². The maximum Gasteiger partial charge on any atom is 0.347 e. The van der Waals surface area contributed by atoms with Crippen molar-refractivity contribution in [2.45, 2.75) is 25.4 Å². The Hall–Kier alpha value is -0.940. The quantitative estimate of drug-likeness (QED) is 0.760. The molecule has 0 amide bonds. The van der Waals surface area contributed by atoms with E-state index in [1.807, 2.05) is 0 Å². The van der Waals surface area contributed by atoms with Gasteiger partial charge in [0, 0.05) is 12.6 Å². The highest BCUT2D eigenvalue weighted by molar-refractivity contribution is 7.13. The zero-order valence-corrected chi connectivity index (χ0v) is 7.80. The second-order valence-electron chi connectivity index (χ2n) is 3.08.